The number of fused-ring (bicyclic) bond motifs is 1. The minimum atomic E-state index is 0.0396. The van der Waals surface area contributed by atoms with E-state index in [9.17, 15) is 4.79 Å². The maximum absolute atomic E-state index is 12.4. The molecule has 3 atom stereocenters. The standard InChI is InChI=1S/C16H21NO3S/c1-2-19-14-7-6-13-16(14)20-10-9-17(13)15(18)8-5-12-4-3-11-21-12/h3-5,8,11,13-14,16H,2,6-7,9-10H2,1H3/b8-5+/t13-,14-,16-/m1/s1. The minimum Gasteiger partial charge on any atom is -0.376 e. The van der Waals surface area contributed by atoms with Gasteiger partial charge in [-0.2, -0.15) is 0 Å². The largest absolute Gasteiger partial charge is 0.376 e. The van der Waals surface area contributed by atoms with Crippen LogP contribution >= 0.6 is 11.3 Å². The molecule has 0 radical (unpaired) electrons. The van der Waals surface area contributed by atoms with Gasteiger partial charge in [0.15, 0.2) is 0 Å². The molecule has 5 heteroatoms. The van der Waals surface area contributed by atoms with E-state index in [4.69, 9.17) is 9.47 Å². The Morgan fingerprint density at radius 1 is 1.57 bits per heavy atom. The molecule has 1 saturated heterocycles. The van der Waals surface area contributed by atoms with Crippen LogP contribution in [-0.4, -0.2) is 48.8 Å². The fourth-order valence-corrected chi connectivity index (χ4v) is 3.84. The van der Waals surface area contributed by atoms with Crippen LogP contribution in [0.1, 0.15) is 24.6 Å². The van der Waals surface area contributed by atoms with Crippen molar-refractivity contribution in [1.29, 1.82) is 0 Å². The number of hydrogen-bond donors (Lipinski definition) is 0. The third-order valence-corrected chi connectivity index (χ3v) is 4.97. The molecule has 114 valence electrons. The van der Waals surface area contributed by atoms with Gasteiger partial charge in [0.25, 0.3) is 0 Å². The minimum absolute atomic E-state index is 0.0396. The smallest absolute Gasteiger partial charge is 0.247 e. The van der Waals surface area contributed by atoms with Gasteiger partial charge >= 0.3 is 0 Å². The van der Waals surface area contributed by atoms with E-state index in [1.54, 1.807) is 17.4 Å². The second-order valence-electron chi connectivity index (χ2n) is 5.35. The van der Waals surface area contributed by atoms with Crippen molar-refractivity contribution in [1.82, 2.24) is 4.90 Å². The summed E-state index contributed by atoms with van der Waals surface area (Å²) in [7, 11) is 0. The van der Waals surface area contributed by atoms with Gasteiger partial charge in [-0.3, -0.25) is 4.79 Å². The van der Waals surface area contributed by atoms with Gasteiger partial charge in [-0.1, -0.05) is 6.07 Å². The summed E-state index contributed by atoms with van der Waals surface area (Å²) in [5.41, 5.74) is 0. The van der Waals surface area contributed by atoms with Gasteiger partial charge in [-0.05, 0) is 37.3 Å². The molecule has 1 aromatic rings. The molecule has 21 heavy (non-hydrogen) atoms. The van der Waals surface area contributed by atoms with Crippen molar-refractivity contribution in [3.63, 3.8) is 0 Å². The zero-order chi connectivity index (χ0) is 14.7. The Morgan fingerprint density at radius 3 is 3.24 bits per heavy atom. The van der Waals surface area contributed by atoms with E-state index in [1.807, 2.05) is 35.4 Å². The highest BCUT2D eigenvalue weighted by Crippen LogP contribution is 2.32. The summed E-state index contributed by atoms with van der Waals surface area (Å²) in [6, 6.07) is 4.16. The van der Waals surface area contributed by atoms with Crippen molar-refractivity contribution in [2.24, 2.45) is 0 Å². The number of morpholine rings is 1. The van der Waals surface area contributed by atoms with Gasteiger partial charge in [0.05, 0.1) is 18.8 Å². The lowest BCUT2D eigenvalue weighted by Gasteiger charge is -2.38. The van der Waals surface area contributed by atoms with E-state index in [1.165, 1.54) is 0 Å². The normalized spacial score (nSPS) is 29.0. The Morgan fingerprint density at radius 2 is 2.48 bits per heavy atom. The molecule has 0 spiro atoms. The van der Waals surface area contributed by atoms with Crippen LogP contribution in [0.5, 0.6) is 0 Å². The van der Waals surface area contributed by atoms with Crippen molar-refractivity contribution in [3.8, 4) is 0 Å². The highest BCUT2D eigenvalue weighted by molar-refractivity contribution is 7.10. The van der Waals surface area contributed by atoms with Gasteiger partial charge in [0, 0.05) is 24.1 Å². The summed E-state index contributed by atoms with van der Waals surface area (Å²) < 4.78 is 11.6. The van der Waals surface area contributed by atoms with Crippen LogP contribution in [-0.2, 0) is 14.3 Å². The summed E-state index contributed by atoms with van der Waals surface area (Å²) in [6.45, 7) is 3.98. The van der Waals surface area contributed by atoms with Crippen LogP contribution in [0.4, 0.5) is 0 Å². The zero-order valence-electron chi connectivity index (χ0n) is 12.2. The highest BCUT2D eigenvalue weighted by atomic mass is 32.1. The number of rotatable bonds is 4. The average molecular weight is 307 g/mol. The van der Waals surface area contributed by atoms with E-state index in [0.717, 1.165) is 17.7 Å². The van der Waals surface area contributed by atoms with Crippen LogP contribution in [0.15, 0.2) is 23.6 Å². The summed E-state index contributed by atoms with van der Waals surface area (Å²) in [5.74, 6) is 0.0823. The van der Waals surface area contributed by atoms with E-state index in [-0.39, 0.29) is 24.2 Å². The van der Waals surface area contributed by atoms with Crippen LogP contribution in [0.25, 0.3) is 6.08 Å². The van der Waals surface area contributed by atoms with Gasteiger partial charge < -0.3 is 14.4 Å². The molecule has 0 aromatic carbocycles. The number of thiophene rings is 1. The lowest BCUT2D eigenvalue weighted by Crippen LogP contribution is -2.53. The summed E-state index contributed by atoms with van der Waals surface area (Å²) >= 11 is 1.64. The van der Waals surface area contributed by atoms with Gasteiger partial charge in [0.2, 0.25) is 5.91 Å². The monoisotopic (exact) mass is 307 g/mol. The quantitative estimate of drug-likeness (QED) is 0.803. The van der Waals surface area contributed by atoms with Crippen molar-refractivity contribution < 1.29 is 14.3 Å². The Kier molecular flexibility index (Phi) is 4.73. The molecular weight excluding hydrogens is 286 g/mol. The number of ether oxygens (including phenoxy) is 2. The molecule has 1 saturated carbocycles. The Hall–Kier alpha value is -1.17. The van der Waals surface area contributed by atoms with Crippen LogP contribution < -0.4 is 0 Å². The van der Waals surface area contributed by atoms with E-state index >= 15 is 0 Å². The Labute approximate surface area is 129 Å². The lowest BCUT2D eigenvalue weighted by molar-refractivity contribution is -0.146. The first kappa shape index (κ1) is 14.8. The molecule has 1 aromatic heterocycles. The Bertz CT molecular complexity index is 500. The number of carbonyl (C=O) groups is 1. The molecule has 2 heterocycles. The molecule has 1 amide bonds. The molecular formula is C16H21NO3S. The lowest BCUT2D eigenvalue weighted by atomic mass is 10.1. The SMILES string of the molecule is CCO[C@@H]1CC[C@@H]2[C@H]1OCCN2C(=O)/C=C/c1cccs1. The molecule has 1 aliphatic heterocycles. The predicted molar refractivity (Wildman–Crippen MR) is 83.2 cm³/mol. The topological polar surface area (TPSA) is 38.8 Å². The molecule has 0 N–H and O–H groups in total. The van der Waals surface area contributed by atoms with Crippen molar-refractivity contribution in [2.45, 2.75) is 38.0 Å². The molecule has 0 bridgehead atoms. The van der Waals surface area contributed by atoms with Gasteiger partial charge in [-0.15, -0.1) is 11.3 Å². The molecule has 4 nitrogen and oxygen atoms in total. The fourth-order valence-electron chi connectivity index (χ4n) is 3.22. The summed E-state index contributed by atoms with van der Waals surface area (Å²) in [4.78, 5) is 15.5. The maximum Gasteiger partial charge on any atom is 0.247 e. The highest BCUT2D eigenvalue weighted by Gasteiger charge is 2.44. The van der Waals surface area contributed by atoms with Crippen molar-refractivity contribution in [2.75, 3.05) is 19.8 Å². The van der Waals surface area contributed by atoms with Crippen molar-refractivity contribution in [3.05, 3.63) is 28.5 Å². The molecule has 2 fully saturated rings. The first-order valence-corrected chi connectivity index (χ1v) is 8.43. The first-order chi connectivity index (χ1) is 10.3. The molecule has 2 aliphatic rings. The van der Waals surface area contributed by atoms with Gasteiger partial charge in [0.1, 0.15) is 6.10 Å². The second-order valence-corrected chi connectivity index (χ2v) is 6.33. The molecule has 0 unspecified atom stereocenters. The van der Waals surface area contributed by atoms with E-state index < -0.39 is 0 Å². The predicted octanol–water partition coefficient (Wildman–Crippen LogP) is 2.56. The molecule has 1 aliphatic carbocycles. The number of amides is 1. The first-order valence-electron chi connectivity index (χ1n) is 7.55. The number of nitrogens with zero attached hydrogens (tertiary/aromatic N) is 1. The number of hydrogen-bond acceptors (Lipinski definition) is 4. The fraction of sp³-hybridized carbons (Fsp3) is 0.562. The zero-order valence-corrected chi connectivity index (χ0v) is 13.1. The molecule has 3 rings (SSSR count). The number of carbonyl (C=O) groups excluding carboxylic acids is 1. The van der Waals surface area contributed by atoms with Gasteiger partial charge in [-0.25, -0.2) is 0 Å². The van der Waals surface area contributed by atoms with E-state index in [0.29, 0.717) is 19.8 Å². The van der Waals surface area contributed by atoms with Crippen LogP contribution in [0.3, 0.4) is 0 Å². The third kappa shape index (κ3) is 3.20. The van der Waals surface area contributed by atoms with Crippen LogP contribution in [0.2, 0.25) is 0 Å². The third-order valence-electron chi connectivity index (χ3n) is 4.13. The second kappa shape index (κ2) is 6.73. The Balaban J connectivity index is 1.66. The summed E-state index contributed by atoms with van der Waals surface area (Å²) in [6.07, 6.45) is 5.69. The van der Waals surface area contributed by atoms with E-state index in [2.05, 4.69) is 0 Å². The van der Waals surface area contributed by atoms with Crippen LogP contribution in [0, 0.1) is 0 Å². The average Bonchev–Trinajstić information content (AvgIpc) is 3.15. The summed E-state index contributed by atoms with van der Waals surface area (Å²) in [5, 5.41) is 2.01. The maximum atomic E-state index is 12.4. The van der Waals surface area contributed by atoms with Crippen molar-refractivity contribution >= 4 is 23.3 Å².